The molecule has 4 atom stereocenters. The number of ether oxygens (including phenoxy) is 2. The summed E-state index contributed by atoms with van der Waals surface area (Å²) in [5, 5.41) is 10.2. The number of hydrogen-bond acceptors (Lipinski definition) is 7. The number of H-pyrrole nitrogens is 1. The summed E-state index contributed by atoms with van der Waals surface area (Å²) in [7, 11) is -3.34. The molecule has 0 amide bonds. The summed E-state index contributed by atoms with van der Waals surface area (Å²) in [6.45, 7) is 20.7. The monoisotopic (exact) mass is 502 g/mol. The number of aliphatic hydroxyl groups is 1. The van der Waals surface area contributed by atoms with Crippen molar-refractivity contribution in [3.63, 3.8) is 0 Å². The minimum atomic E-state index is -2.39. The van der Waals surface area contributed by atoms with E-state index >= 15 is 0 Å². The predicted octanol–water partition coefficient (Wildman–Crippen LogP) is 3.18. The van der Waals surface area contributed by atoms with Crippen molar-refractivity contribution in [1.82, 2.24) is 9.55 Å². The highest BCUT2D eigenvalue weighted by molar-refractivity contribution is 6.74. The second kappa shape index (κ2) is 9.17. The van der Waals surface area contributed by atoms with E-state index in [0.717, 1.165) is 0 Å². The first-order chi connectivity index (χ1) is 14.8. The molecular weight excluding hydrogens is 460 g/mol. The molecule has 2 N–H and O–H groups in total. The molecule has 1 fully saturated rings. The van der Waals surface area contributed by atoms with E-state index in [1.807, 2.05) is 0 Å². The molecule has 1 aliphatic rings. The molecule has 1 aliphatic heterocycles. The van der Waals surface area contributed by atoms with Crippen molar-refractivity contribution >= 4 is 16.6 Å². The smallest absolute Gasteiger partial charge is 0.330 e. The lowest BCUT2D eigenvalue weighted by atomic mass is 10.1. The molecule has 33 heavy (non-hydrogen) atoms. The summed E-state index contributed by atoms with van der Waals surface area (Å²) in [6.07, 6.45) is -1.15. The highest BCUT2D eigenvalue weighted by atomic mass is 28.4. The molecule has 1 aromatic heterocycles. The Kier molecular flexibility index (Phi) is 7.83. The topological polar surface area (TPSA) is 112 Å². The Morgan fingerprint density at radius 1 is 1.06 bits per heavy atom. The molecule has 9 nitrogen and oxygen atoms in total. The molecule has 0 bridgehead atoms. The average Bonchev–Trinajstić information content (AvgIpc) is 2.93. The molecule has 0 spiro atoms. The lowest BCUT2D eigenvalue weighted by Gasteiger charge is -2.45. The van der Waals surface area contributed by atoms with Crippen LogP contribution in [-0.4, -0.2) is 63.0 Å². The fourth-order valence-corrected chi connectivity index (χ4v) is 5.80. The molecule has 1 aromatic rings. The number of nitrogens with zero attached hydrogens (tertiary/aromatic N) is 1. The van der Waals surface area contributed by atoms with Crippen molar-refractivity contribution in [1.29, 1.82) is 0 Å². The molecule has 0 aromatic carbocycles. The molecule has 2 unspecified atom stereocenters. The van der Waals surface area contributed by atoms with Gasteiger partial charge in [0.25, 0.3) is 5.56 Å². The van der Waals surface area contributed by atoms with Crippen LogP contribution in [0, 0.1) is 0 Å². The van der Waals surface area contributed by atoms with E-state index in [0.29, 0.717) is 0 Å². The summed E-state index contributed by atoms with van der Waals surface area (Å²) in [6, 6.07) is 1.25. The van der Waals surface area contributed by atoms with Crippen molar-refractivity contribution in [3.8, 4) is 0 Å². The van der Waals surface area contributed by atoms with Crippen molar-refractivity contribution in [3.05, 3.63) is 33.1 Å². The zero-order chi connectivity index (χ0) is 25.6. The zero-order valence-corrected chi connectivity index (χ0v) is 23.9. The van der Waals surface area contributed by atoms with Crippen LogP contribution in [0.1, 0.15) is 47.8 Å². The maximum Gasteiger partial charge on any atom is 0.330 e. The van der Waals surface area contributed by atoms with Crippen LogP contribution in [0.25, 0.3) is 0 Å². The van der Waals surface area contributed by atoms with Gasteiger partial charge in [0, 0.05) is 19.4 Å². The normalized spacial score (nSPS) is 27.2. The fourth-order valence-electron chi connectivity index (χ4n) is 3.23. The highest BCUT2D eigenvalue weighted by Gasteiger charge is 2.62. The molecule has 0 saturated carbocycles. The van der Waals surface area contributed by atoms with Crippen molar-refractivity contribution < 1.29 is 23.4 Å². The van der Waals surface area contributed by atoms with E-state index in [-0.39, 0.29) is 10.1 Å². The van der Waals surface area contributed by atoms with E-state index in [2.05, 4.69) is 72.7 Å². The molecule has 0 aliphatic carbocycles. The summed E-state index contributed by atoms with van der Waals surface area (Å²) >= 11 is 0. The number of aromatic amines is 1. The van der Waals surface area contributed by atoms with E-state index in [4.69, 9.17) is 18.3 Å². The number of nitrogens with one attached hydrogen (secondary N) is 1. The van der Waals surface area contributed by atoms with Crippen LogP contribution in [-0.2, 0) is 18.3 Å². The van der Waals surface area contributed by atoms with Gasteiger partial charge in [-0.25, -0.2) is 4.79 Å². The van der Waals surface area contributed by atoms with Crippen LogP contribution in [0.4, 0.5) is 0 Å². The summed E-state index contributed by atoms with van der Waals surface area (Å²) in [5.74, 6) is -1.54. The Morgan fingerprint density at radius 2 is 1.58 bits per heavy atom. The van der Waals surface area contributed by atoms with Gasteiger partial charge in [-0.1, -0.05) is 41.5 Å². The first-order valence-corrected chi connectivity index (χ1v) is 17.1. The Bertz CT molecular complexity index is 940. The van der Waals surface area contributed by atoms with Gasteiger partial charge in [-0.15, -0.1) is 0 Å². The lowest BCUT2D eigenvalue weighted by molar-refractivity contribution is -0.267. The maximum absolute atomic E-state index is 12.7. The van der Waals surface area contributed by atoms with Gasteiger partial charge in [0.15, 0.2) is 22.9 Å². The lowest BCUT2D eigenvalue weighted by Crippen LogP contribution is -2.58. The Hall–Kier alpha value is -1.09. The second-order valence-electron chi connectivity index (χ2n) is 11.8. The zero-order valence-electron chi connectivity index (χ0n) is 21.9. The highest BCUT2D eigenvalue weighted by Crippen LogP contribution is 2.48. The first-order valence-electron chi connectivity index (χ1n) is 11.3. The van der Waals surface area contributed by atoms with Crippen LogP contribution in [0.15, 0.2) is 21.9 Å². The molecule has 190 valence electrons. The molecule has 1 saturated heterocycles. The third kappa shape index (κ3) is 5.44. The predicted molar refractivity (Wildman–Crippen MR) is 132 cm³/mol. The maximum atomic E-state index is 12.7. The van der Waals surface area contributed by atoms with Crippen LogP contribution in [0.5, 0.6) is 0 Å². The number of methoxy groups -OCH3 is 1. The van der Waals surface area contributed by atoms with E-state index in [1.165, 1.54) is 23.9 Å². The van der Waals surface area contributed by atoms with E-state index < -0.39 is 58.7 Å². The average molecular weight is 503 g/mol. The summed E-state index contributed by atoms with van der Waals surface area (Å²) in [4.78, 5) is 26.7. The van der Waals surface area contributed by atoms with Gasteiger partial charge in [0.05, 0.1) is 0 Å². The van der Waals surface area contributed by atoms with Gasteiger partial charge in [-0.3, -0.25) is 14.3 Å². The standard InChI is InChI=1S/C22H42N2O7Si2/c1-20(2,3)32(8,9)30-16-17(31-33(10,11)21(4,5)6)22(14-25,28-7)29-18(16)24-13-12-15(26)23-19(24)27/h12-13,16-18,25H,14H2,1-11H3,(H,23,26,27)/t16?,17?,18-,22+/m1/s1. The largest absolute Gasteiger partial charge is 0.406 e. The van der Waals surface area contributed by atoms with Crippen LogP contribution in [0.3, 0.4) is 0 Å². The van der Waals surface area contributed by atoms with Crippen LogP contribution >= 0.6 is 0 Å². The molecular formula is C22H42N2O7Si2. The molecule has 11 heteroatoms. The SMILES string of the molecule is CO[C@@]1(CO)O[C@@H](n2ccc(=O)[nH]c2=O)C(O[Si](C)(C)C(C)(C)C)C1O[Si](C)(C)C(C)(C)C. The number of aromatic nitrogens is 2. The summed E-state index contributed by atoms with van der Waals surface area (Å²) in [5.41, 5.74) is -1.14. The van der Waals surface area contributed by atoms with Crippen molar-refractivity contribution in [2.24, 2.45) is 0 Å². The quantitative estimate of drug-likeness (QED) is 0.551. The minimum Gasteiger partial charge on any atom is -0.406 e. The van der Waals surface area contributed by atoms with Crippen LogP contribution in [0.2, 0.25) is 36.3 Å². The van der Waals surface area contributed by atoms with Crippen LogP contribution < -0.4 is 11.2 Å². The number of aliphatic hydroxyl groups excluding tert-OH is 1. The van der Waals surface area contributed by atoms with Gasteiger partial charge in [0.2, 0.25) is 5.79 Å². The van der Waals surface area contributed by atoms with Crippen molar-refractivity contribution in [2.45, 2.75) is 102 Å². The van der Waals surface area contributed by atoms with Gasteiger partial charge >= 0.3 is 5.69 Å². The third-order valence-corrected chi connectivity index (χ3v) is 16.4. The van der Waals surface area contributed by atoms with E-state index in [1.54, 1.807) is 0 Å². The molecule has 2 heterocycles. The van der Waals surface area contributed by atoms with Gasteiger partial charge in [0.1, 0.15) is 18.8 Å². The molecule has 2 rings (SSSR count). The number of hydrogen-bond donors (Lipinski definition) is 2. The second-order valence-corrected chi connectivity index (χ2v) is 21.4. The van der Waals surface area contributed by atoms with Crippen molar-refractivity contribution in [2.75, 3.05) is 13.7 Å². The number of rotatable bonds is 7. The van der Waals surface area contributed by atoms with Gasteiger partial charge < -0.3 is 23.4 Å². The minimum absolute atomic E-state index is 0.129. The van der Waals surface area contributed by atoms with E-state index in [9.17, 15) is 14.7 Å². The third-order valence-electron chi connectivity index (χ3n) is 7.49. The van der Waals surface area contributed by atoms with Gasteiger partial charge in [-0.2, -0.15) is 0 Å². The van der Waals surface area contributed by atoms with Gasteiger partial charge in [-0.05, 0) is 36.3 Å². The Morgan fingerprint density at radius 3 is 2.00 bits per heavy atom. The first kappa shape index (κ1) is 28.2. The Labute approximate surface area is 198 Å². The fraction of sp³-hybridized carbons (Fsp3) is 0.818. The molecule has 0 radical (unpaired) electrons. The Balaban J connectivity index is 2.71. The summed E-state index contributed by atoms with van der Waals surface area (Å²) < 4.78 is 26.9.